The zero-order valence-electron chi connectivity index (χ0n) is 18.8. The molecule has 0 aromatic carbocycles. The second-order valence-corrected chi connectivity index (χ2v) is 7.81. The van der Waals surface area contributed by atoms with E-state index in [9.17, 15) is 9.59 Å². The van der Waals surface area contributed by atoms with Crippen molar-refractivity contribution in [1.82, 2.24) is 10.6 Å². The molecule has 1 amide bonds. The van der Waals surface area contributed by atoms with Crippen LogP contribution in [0.1, 0.15) is 47.5 Å². The summed E-state index contributed by atoms with van der Waals surface area (Å²) in [5.41, 5.74) is 8.04. The molecule has 2 N–H and O–H groups in total. The largest absolute Gasteiger partial charge is 0.458 e. The lowest BCUT2D eigenvalue weighted by atomic mass is 10.2. The maximum atomic E-state index is 11.7. The summed E-state index contributed by atoms with van der Waals surface area (Å²) < 4.78 is 21.1. The highest BCUT2D eigenvalue weighted by atomic mass is 16.6. The van der Waals surface area contributed by atoms with Crippen LogP contribution < -0.4 is 10.6 Å². The first kappa shape index (κ1) is 28.1. The van der Waals surface area contributed by atoms with Crippen LogP contribution in [-0.2, 0) is 28.5 Å². The van der Waals surface area contributed by atoms with Crippen LogP contribution in [0.5, 0.6) is 0 Å². The van der Waals surface area contributed by atoms with Gasteiger partial charge in [0, 0.05) is 37.1 Å². The molecule has 11 nitrogen and oxygen atoms in total. The first-order valence-corrected chi connectivity index (χ1v) is 10.2. The molecule has 0 aliphatic carbocycles. The van der Waals surface area contributed by atoms with Gasteiger partial charge in [-0.05, 0) is 32.7 Å². The van der Waals surface area contributed by atoms with Crippen molar-refractivity contribution in [3.8, 4) is 0 Å². The van der Waals surface area contributed by atoms with Gasteiger partial charge in [-0.25, -0.2) is 4.79 Å². The van der Waals surface area contributed by atoms with Gasteiger partial charge in [-0.2, -0.15) is 0 Å². The number of esters is 1. The van der Waals surface area contributed by atoms with Crippen molar-refractivity contribution in [2.75, 3.05) is 46.1 Å². The fourth-order valence-corrected chi connectivity index (χ4v) is 2.11. The van der Waals surface area contributed by atoms with Gasteiger partial charge in [-0.1, -0.05) is 19.0 Å². The molecule has 0 aromatic heterocycles. The molecule has 0 spiro atoms. The number of carbonyl (C=O) groups is 2. The van der Waals surface area contributed by atoms with Crippen molar-refractivity contribution >= 4 is 11.9 Å². The average Bonchev–Trinajstić information content (AvgIpc) is 2.63. The molecule has 0 saturated heterocycles. The number of nitrogens with one attached hydrogen (secondary N) is 2. The lowest BCUT2D eigenvalue weighted by molar-refractivity contribution is -0.161. The van der Waals surface area contributed by atoms with Gasteiger partial charge in [-0.3, -0.25) is 4.79 Å². The van der Waals surface area contributed by atoms with E-state index in [1.807, 2.05) is 13.8 Å². The third-order valence-corrected chi connectivity index (χ3v) is 3.31. The molecule has 0 radical (unpaired) electrons. The van der Waals surface area contributed by atoms with E-state index >= 15 is 0 Å². The fourth-order valence-electron chi connectivity index (χ4n) is 2.11. The van der Waals surface area contributed by atoms with Crippen LogP contribution in [0.15, 0.2) is 5.11 Å². The Morgan fingerprint density at radius 2 is 1.83 bits per heavy atom. The van der Waals surface area contributed by atoms with Crippen molar-refractivity contribution in [3.05, 3.63) is 10.4 Å². The second kappa shape index (κ2) is 16.8. The predicted octanol–water partition coefficient (Wildman–Crippen LogP) is 1.91. The number of nitrogens with zero attached hydrogens (tertiary/aromatic N) is 3. The first-order valence-electron chi connectivity index (χ1n) is 10.2. The van der Waals surface area contributed by atoms with Crippen molar-refractivity contribution in [3.63, 3.8) is 0 Å². The minimum Gasteiger partial charge on any atom is -0.458 e. The number of ether oxygens (including phenoxy) is 4. The monoisotopic (exact) mass is 431 g/mol. The molecule has 0 bridgehead atoms. The molecule has 11 heteroatoms. The lowest BCUT2D eigenvalue weighted by Gasteiger charge is -2.19. The molecule has 0 aromatic rings. The van der Waals surface area contributed by atoms with Crippen LogP contribution in [0, 0.1) is 0 Å². The van der Waals surface area contributed by atoms with Gasteiger partial charge in [-0.15, -0.1) is 0 Å². The van der Waals surface area contributed by atoms with Gasteiger partial charge >= 0.3 is 5.97 Å². The molecule has 0 saturated carbocycles. The number of azide groups is 1. The summed E-state index contributed by atoms with van der Waals surface area (Å²) >= 11 is 0. The van der Waals surface area contributed by atoms with Crippen molar-refractivity contribution in [2.45, 2.75) is 65.3 Å². The summed E-state index contributed by atoms with van der Waals surface area (Å²) in [6, 6.07) is 0.387. The molecule has 0 fully saturated rings. The van der Waals surface area contributed by atoms with E-state index in [0.717, 1.165) is 6.54 Å². The topological polar surface area (TPSA) is 144 Å². The molecular formula is C19H37N5O6. The van der Waals surface area contributed by atoms with Gasteiger partial charge in [0.15, 0.2) is 6.23 Å². The van der Waals surface area contributed by atoms with Gasteiger partial charge in [0.1, 0.15) is 12.2 Å². The van der Waals surface area contributed by atoms with Crippen LogP contribution >= 0.6 is 0 Å². The van der Waals surface area contributed by atoms with Gasteiger partial charge in [0.25, 0.3) is 0 Å². The van der Waals surface area contributed by atoms with Crippen molar-refractivity contribution < 1.29 is 28.5 Å². The third-order valence-electron chi connectivity index (χ3n) is 3.31. The van der Waals surface area contributed by atoms with E-state index in [1.54, 1.807) is 20.8 Å². The number of hydrogen-bond acceptors (Lipinski definition) is 8. The zero-order chi connectivity index (χ0) is 22.8. The van der Waals surface area contributed by atoms with E-state index in [1.165, 1.54) is 0 Å². The quantitative estimate of drug-likeness (QED) is 0.118. The van der Waals surface area contributed by atoms with E-state index in [-0.39, 0.29) is 32.3 Å². The smallest absolute Gasteiger partial charge is 0.332 e. The van der Waals surface area contributed by atoms with Gasteiger partial charge < -0.3 is 29.6 Å². The Morgan fingerprint density at radius 3 is 2.47 bits per heavy atom. The Kier molecular flexibility index (Phi) is 15.8. The molecule has 1 unspecified atom stereocenters. The maximum absolute atomic E-state index is 11.7. The predicted molar refractivity (Wildman–Crippen MR) is 112 cm³/mol. The van der Waals surface area contributed by atoms with Crippen LogP contribution in [-0.4, -0.2) is 75.9 Å². The average molecular weight is 432 g/mol. The molecule has 30 heavy (non-hydrogen) atoms. The van der Waals surface area contributed by atoms with Gasteiger partial charge in [0.05, 0.1) is 19.8 Å². The highest BCUT2D eigenvalue weighted by Gasteiger charge is 2.16. The maximum Gasteiger partial charge on any atom is 0.332 e. The Bertz CT molecular complexity index is 532. The number of hydrogen-bond donors (Lipinski definition) is 2. The molecular weight excluding hydrogens is 394 g/mol. The molecule has 0 aliphatic heterocycles. The highest BCUT2D eigenvalue weighted by molar-refractivity contribution is 5.75. The van der Waals surface area contributed by atoms with Gasteiger partial charge in [0.2, 0.25) is 5.91 Å². The minimum atomic E-state index is -0.809. The summed E-state index contributed by atoms with van der Waals surface area (Å²) in [7, 11) is 0. The number of carbonyl (C=O) groups excluding carboxylic acids is 2. The standard InChI is InChI=1S/C19H37N5O6/c1-15(2)21-8-9-22-16(25)7-6-10-27-13-17(23-24-20)29-12-11-28-14-18(26)30-19(3,4)5/h15,17,21H,6-14H2,1-5H3,(H,22,25). The molecule has 1 atom stereocenters. The van der Waals surface area contributed by atoms with E-state index in [2.05, 4.69) is 20.7 Å². The van der Waals surface area contributed by atoms with Crippen LogP contribution in [0.3, 0.4) is 0 Å². The Hall–Kier alpha value is -1.91. The summed E-state index contributed by atoms with van der Waals surface area (Å²) in [6.45, 7) is 11.2. The first-order chi connectivity index (χ1) is 14.1. The normalized spacial score (nSPS) is 12.3. The molecule has 0 rings (SSSR count). The van der Waals surface area contributed by atoms with E-state index in [4.69, 9.17) is 24.5 Å². The molecule has 0 heterocycles. The molecule has 0 aliphatic rings. The Balaban J connectivity index is 3.79. The van der Waals surface area contributed by atoms with Crippen molar-refractivity contribution in [1.29, 1.82) is 0 Å². The van der Waals surface area contributed by atoms with Crippen molar-refractivity contribution in [2.24, 2.45) is 5.11 Å². The Morgan fingerprint density at radius 1 is 1.10 bits per heavy atom. The highest BCUT2D eigenvalue weighted by Crippen LogP contribution is 2.06. The number of amides is 1. The fraction of sp³-hybridized carbons (Fsp3) is 0.895. The minimum absolute atomic E-state index is 0.0332. The zero-order valence-corrected chi connectivity index (χ0v) is 18.8. The second-order valence-electron chi connectivity index (χ2n) is 7.81. The molecule has 174 valence electrons. The Labute approximate surface area is 178 Å². The van der Waals surface area contributed by atoms with E-state index in [0.29, 0.717) is 32.0 Å². The lowest BCUT2D eigenvalue weighted by Crippen LogP contribution is -2.34. The van der Waals surface area contributed by atoms with Crippen LogP contribution in [0.2, 0.25) is 0 Å². The van der Waals surface area contributed by atoms with E-state index < -0.39 is 17.8 Å². The summed E-state index contributed by atoms with van der Waals surface area (Å²) in [5, 5.41) is 9.54. The van der Waals surface area contributed by atoms with Crippen LogP contribution in [0.25, 0.3) is 10.4 Å². The number of rotatable bonds is 17. The van der Waals surface area contributed by atoms with Crippen LogP contribution in [0.4, 0.5) is 0 Å². The summed E-state index contributed by atoms with van der Waals surface area (Å²) in [5.74, 6) is -0.494. The SMILES string of the molecule is CC(C)NCCNC(=O)CCCOCC(N=[N+]=[N-])OCCOCC(=O)OC(C)(C)C. The third kappa shape index (κ3) is 19.4. The summed E-state index contributed by atoms with van der Waals surface area (Å²) in [4.78, 5) is 25.9. The summed E-state index contributed by atoms with van der Waals surface area (Å²) in [6.07, 6.45) is 0.0922.